The van der Waals surface area contributed by atoms with Crippen LogP contribution in [-0.2, 0) is 13.8 Å². The summed E-state index contributed by atoms with van der Waals surface area (Å²) in [6, 6.07) is 0. The van der Waals surface area contributed by atoms with Gasteiger partial charge < -0.3 is 9.63 Å². The zero-order valence-corrected chi connectivity index (χ0v) is 22.4. The van der Waals surface area contributed by atoms with E-state index in [2.05, 4.69) is 21.9 Å². The maximum atomic E-state index is 12.7. The van der Waals surface area contributed by atoms with Crippen molar-refractivity contribution < 1.29 is 18.7 Å². The molecule has 0 aliphatic carbocycles. The van der Waals surface area contributed by atoms with Crippen LogP contribution in [0.1, 0.15) is 78.1 Å². The van der Waals surface area contributed by atoms with Gasteiger partial charge in [0.25, 0.3) is 5.56 Å². The number of nitrogens with zero attached hydrogens (tertiary/aromatic N) is 1. The number of thioether (sulfide) groups is 1. The SMILES string of the molecule is CCCCCCCCCCCCSCC(COP(=O)(O)n1c(=O)[nH]c2[nH]c(=O)[nH]c2c1=O)OCC. The number of aromatic amines is 3. The number of hydrogen-bond donors (Lipinski definition) is 4. The molecule has 11 nitrogen and oxygen atoms in total. The van der Waals surface area contributed by atoms with Crippen LogP contribution in [0.4, 0.5) is 0 Å². The van der Waals surface area contributed by atoms with E-state index in [9.17, 15) is 23.8 Å². The second-order valence-corrected chi connectivity index (χ2v) is 11.3. The Labute approximate surface area is 209 Å². The quantitative estimate of drug-likeness (QED) is 0.157. The topological polar surface area (TPSA) is 159 Å². The minimum atomic E-state index is -4.83. The lowest BCUT2D eigenvalue weighted by molar-refractivity contribution is 0.0389. The fourth-order valence-electron chi connectivity index (χ4n) is 3.75. The van der Waals surface area contributed by atoms with E-state index >= 15 is 0 Å². The number of fused-ring (bicyclic) bond motifs is 1. The van der Waals surface area contributed by atoms with Crippen LogP contribution in [0.2, 0.25) is 0 Å². The fourth-order valence-corrected chi connectivity index (χ4v) is 5.86. The van der Waals surface area contributed by atoms with E-state index in [1.807, 2.05) is 6.92 Å². The van der Waals surface area contributed by atoms with Crippen molar-refractivity contribution in [2.75, 3.05) is 24.7 Å². The van der Waals surface area contributed by atoms with Gasteiger partial charge >= 0.3 is 19.1 Å². The largest absolute Gasteiger partial charge is 0.443 e. The lowest BCUT2D eigenvalue weighted by atomic mass is 10.1. The standard InChI is InChI=1S/C22H39N4O7PS/c1-3-5-6-7-8-9-10-11-12-13-14-35-16-17(32-4-2)15-33-34(30,31)26-20(27)18-19(25-22(26)29)24-21(28)23-18/h17H,3-16H2,1-2H3,(H,25,29)(H,30,31)(H2,23,24,28). The van der Waals surface area contributed by atoms with E-state index in [1.165, 1.54) is 57.8 Å². The van der Waals surface area contributed by atoms with Crippen molar-refractivity contribution in [1.29, 1.82) is 0 Å². The van der Waals surface area contributed by atoms with Gasteiger partial charge in [0, 0.05) is 12.4 Å². The molecule has 0 bridgehead atoms. The summed E-state index contributed by atoms with van der Waals surface area (Å²) in [5.41, 5.74) is -3.49. The van der Waals surface area contributed by atoms with E-state index in [-0.39, 0.29) is 22.1 Å². The van der Waals surface area contributed by atoms with Crippen molar-refractivity contribution in [3.05, 3.63) is 31.3 Å². The van der Waals surface area contributed by atoms with Gasteiger partial charge in [-0.3, -0.25) is 24.3 Å². The second kappa shape index (κ2) is 15.5. The average Bonchev–Trinajstić information content (AvgIpc) is 3.18. The summed E-state index contributed by atoms with van der Waals surface area (Å²) in [6.45, 7) is 4.16. The minimum Gasteiger partial charge on any atom is -0.375 e. The molecule has 200 valence electrons. The van der Waals surface area contributed by atoms with E-state index in [0.717, 1.165) is 12.2 Å². The predicted octanol–water partition coefficient (Wildman–Crippen LogP) is 3.73. The van der Waals surface area contributed by atoms with Gasteiger partial charge in [0.15, 0.2) is 5.52 Å². The summed E-state index contributed by atoms with van der Waals surface area (Å²) < 4.78 is 23.5. The third-order valence-electron chi connectivity index (χ3n) is 5.59. The highest BCUT2D eigenvalue weighted by Gasteiger charge is 2.30. The normalized spacial score (nSPS) is 14.4. The van der Waals surface area contributed by atoms with Gasteiger partial charge in [-0.05, 0) is 19.1 Å². The number of imidazole rings is 1. The molecule has 2 aromatic rings. The van der Waals surface area contributed by atoms with Crippen molar-refractivity contribution in [2.45, 2.75) is 84.2 Å². The second-order valence-electron chi connectivity index (χ2n) is 8.50. The smallest absolute Gasteiger partial charge is 0.375 e. The molecule has 0 aliphatic heterocycles. The van der Waals surface area contributed by atoms with E-state index in [0.29, 0.717) is 12.4 Å². The maximum Gasteiger partial charge on any atom is 0.443 e. The number of unbranched alkanes of at least 4 members (excludes halogenated alkanes) is 9. The fraction of sp³-hybridized carbons (Fsp3) is 0.773. The molecule has 2 unspecified atom stereocenters. The Hall–Kier alpha value is -1.59. The summed E-state index contributed by atoms with van der Waals surface area (Å²) in [5.74, 6) is 1.51. The highest BCUT2D eigenvalue weighted by molar-refractivity contribution is 7.99. The Morgan fingerprint density at radius 3 is 2.20 bits per heavy atom. The monoisotopic (exact) mass is 534 g/mol. The van der Waals surface area contributed by atoms with E-state index in [4.69, 9.17) is 9.26 Å². The van der Waals surface area contributed by atoms with Crippen LogP contribution in [0.25, 0.3) is 11.2 Å². The molecule has 2 aromatic heterocycles. The Kier molecular flexibility index (Phi) is 13.1. The molecule has 4 N–H and O–H groups in total. The average molecular weight is 535 g/mol. The molecule has 0 spiro atoms. The van der Waals surface area contributed by atoms with Crippen molar-refractivity contribution in [3.63, 3.8) is 0 Å². The highest BCUT2D eigenvalue weighted by Crippen LogP contribution is 2.41. The van der Waals surface area contributed by atoms with Crippen molar-refractivity contribution >= 4 is 30.7 Å². The van der Waals surface area contributed by atoms with Crippen LogP contribution in [0.15, 0.2) is 14.4 Å². The number of hydrogen-bond acceptors (Lipinski definition) is 7. The number of ether oxygens (including phenoxy) is 1. The molecular weight excluding hydrogens is 495 g/mol. The molecule has 0 saturated heterocycles. The third-order valence-corrected chi connectivity index (χ3v) is 8.13. The van der Waals surface area contributed by atoms with Crippen LogP contribution in [0.5, 0.6) is 0 Å². The predicted molar refractivity (Wildman–Crippen MR) is 140 cm³/mol. The van der Waals surface area contributed by atoms with Crippen molar-refractivity contribution in [1.82, 2.24) is 19.3 Å². The first kappa shape index (κ1) is 29.6. The van der Waals surface area contributed by atoms with Gasteiger partial charge in [0.1, 0.15) is 5.65 Å². The molecule has 2 atom stereocenters. The molecule has 0 aromatic carbocycles. The molecule has 2 heterocycles. The van der Waals surface area contributed by atoms with Crippen LogP contribution in [0.3, 0.4) is 0 Å². The molecule has 0 aliphatic rings. The van der Waals surface area contributed by atoms with E-state index < -0.39 is 30.8 Å². The molecule has 13 heteroatoms. The lowest BCUT2D eigenvalue weighted by Gasteiger charge is -2.19. The summed E-state index contributed by atoms with van der Waals surface area (Å²) in [6.07, 6.45) is 12.3. The van der Waals surface area contributed by atoms with Crippen molar-refractivity contribution in [3.8, 4) is 0 Å². The first-order valence-electron chi connectivity index (χ1n) is 12.4. The van der Waals surface area contributed by atoms with Crippen LogP contribution < -0.4 is 16.9 Å². The molecule has 35 heavy (non-hydrogen) atoms. The Morgan fingerprint density at radius 1 is 0.943 bits per heavy atom. The molecular formula is C22H39N4O7PS. The first-order chi connectivity index (χ1) is 16.8. The number of aromatic nitrogens is 4. The van der Waals surface area contributed by atoms with Gasteiger partial charge in [-0.1, -0.05) is 64.7 Å². The highest BCUT2D eigenvalue weighted by atomic mass is 32.2. The molecule has 0 radical (unpaired) electrons. The summed E-state index contributed by atoms with van der Waals surface area (Å²) in [5, 5.41) is 0. The number of rotatable bonds is 19. The first-order valence-corrected chi connectivity index (χ1v) is 15.1. The molecule has 0 saturated carbocycles. The lowest BCUT2D eigenvalue weighted by Crippen LogP contribution is -2.35. The van der Waals surface area contributed by atoms with Gasteiger partial charge in [-0.25, -0.2) is 14.2 Å². The Bertz CT molecular complexity index is 1110. The van der Waals surface area contributed by atoms with Crippen molar-refractivity contribution in [2.24, 2.45) is 0 Å². The number of nitrogens with one attached hydrogen (secondary N) is 3. The van der Waals surface area contributed by atoms with Crippen LogP contribution in [-0.4, -0.2) is 55.0 Å². The van der Waals surface area contributed by atoms with E-state index in [1.54, 1.807) is 11.8 Å². The summed E-state index contributed by atoms with van der Waals surface area (Å²) in [4.78, 5) is 53.0. The molecule has 0 fully saturated rings. The van der Waals surface area contributed by atoms with Crippen LogP contribution in [0, 0.1) is 0 Å². The maximum absolute atomic E-state index is 12.7. The third kappa shape index (κ3) is 9.76. The zero-order valence-electron chi connectivity index (χ0n) is 20.7. The summed E-state index contributed by atoms with van der Waals surface area (Å²) >= 11 is 1.68. The van der Waals surface area contributed by atoms with Gasteiger partial charge in [0.05, 0.1) is 12.7 Å². The Morgan fingerprint density at radius 2 is 1.57 bits per heavy atom. The van der Waals surface area contributed by atoms with Gasteiger partial charge in [0.2, 0.25) is 0 Å². The van der Waals surface area contributed by atoms with Gasteiger partial charge in [-0.2, -0.15) is 16.1 Å². The zero-order chi connectivity index (χ0) is 25.7. The van der Waals surface area contributed by atoms with Gasteiger partial charge in [-0.15, -0.1) is 0 Å². The molecule has 2 rings (SSSR count). The molecule has 0 amide bonds. The van der Waals surface area contributed by atoms with Crippen LogP contribution >= 0.6 is 19.5 Å². The number of H-pyrrole nitrogens is 3. The summed E-state index contributed by atoms with van der Waals surface area (Å²) in [7, 11) is -4.83. The minimum absolute atomic E-state index is 0.0963. The Balaban J connectivity index is 1.76.